The molecule has 26 heavy (non-hydrogen) atoms. The van der Waals surface area contributed by atoms with E-state index in [4.69, 9.17) is 4.74 Å². The number of carbonyl (C=O) groups is 2. The first kappa shape index (κ1) is 18.1. The van der Waals surface area contributed by atoms with E-state index >= 15 is 0 Å². The maximum absolute atomic E-state index is 13.0. The Labute approximate surface area is 152 Å². The van der Waals surface area contributed by atoms with Gasteiger partial charge in [-0.2, -0.15) is 5.10 Å². The van der Waals surface area contributed by atoms with Crippen LogP contribution in [-0.4, -0.2) is 46.3 Å². The Balaban J connectivity index is 1.91. The Hall–Kier alpha value is -2.67. The summed E-state index contributed by atoms with van der Waals surface area (Å²) in [6.07, 6.45) is -0.792. The molecule has 1 aliphatic rings. The summed E-state index contributed by atoms with van der Waals surface area (Å²) in [7, 11) is 3.53. The van der Waals surface area contributed by atoms with Crippen LogP contribution < -0.4 is 5.32 Å². The molecular formula is C19H24N4O3. The second-order valence-electron chi connectivity index (χ2n) is 6.75. The normalized spacial score (nSPS) is 20.3. The molecule has 3 rings (SSSR count). The minimum atomic E-state index is -0.792. The van der Waals surface area contributed by atoms with E-state index in [1.165, 1.54) is 0 Å². The molecule has 2 heterocycles. The smallest absolute Gasteiger partial charge is 0.256 e. The fourth-order valence-corrected chi connectivity index (χ4v) is 3.24. The lowest BCUT2D eigenvalue weighted by Crippen LogP contribution is -2.51. The van der Waals surface area contributed by atoms with Crippen molar-refractivity contribution in [3.05, 3.63) is 46.8 Å². The van der Waals surface area contributed by atoms with Gasteiger partial charge in [-0.3, -0.25) is 14.3 Å². The highest BCUT2D eigenvalue weighted by Gasteiger charge is 2.40. The zero-order valence-corrected chi connectivity index (χ0v) is 15.7. The topological polar surface area (TPSA) is 76.5 Å². The third-order valence-electron chi connectivity index (χ3n) is 4.92. The van der Waals surface area contributed by atoms with Gasteiger partial charge < -0.3 is 15.0 Å². The van der Waals surface area contributed by atoms with Gasteiger partial charge >= 0.3 is 0 Å². The molecule has 0 saturated carbocycles. The number of morpholine rings is 1. The summed E-state index contributed by atoms with van der Waals surface area (Å²) >= 11 is 0. The number of ether oxygens (including phenoxy) is 1. The molecule has 138 valence electrons. The first-order chi connectivity index (χ1) is 12.3. The molecule has 2 atom stereocenters. The van der Waals surface area contributed by atoms with Crippen LogP contribution in [0.5, 0.6) is 0 Å². The molecule has 2 amide bonds. The zero-order chi connectivity index (χ0) is 19.0. The van der Waals surface area contributed by atoms with Crippen LogP contribution >= 0.6 is 0 Å². The zero-order valence-electron chi connectivity index (χ0n) is 15.7. The first-order valence-electron chi connectivity index (χ1n) is 8.54. The van der Waals surface area contributed by atoms with Crippen molar-refractivity contribution in [1.82, 2.24) is 14.7 Å². The Morgan fingerprint density at radius 2 is 1.85 bits per heavy atom. The molecule has 0 unspecified atom stereocenters. The number of hydrogen-bond donors (Lipinski definition) is 1. The van der Waals surface area contributed by atoms with Gasteiger partial charge in [-0.1, -0.05) is 29.8 Å². The number of benzene rings is 1. The molecule has 0 bridgehead atoms. The lowest BCUT2D eigenvalue weighted by molar-refractivity contribution is -0.160. The molecular weight excluding hydrogens is 332 g/mol. The fourth-order valence-electron chi connectivity index (χ4n) is 3.24. The van der Waals surface area contributed by atoms with Crippen molar-refractivity contribution in [2.24, 2.45) is 7.05 Å². The Bertz CT molecular complexity index is 841. The molecule has 1 fully saturated rings. The number of carbonyl (C=O) groups excluding carboxylic acids is 2. The van der Waals surface area contributed by atoms with Crippen LogP contribution in [0.1, 0.15) is 28.6 Å². The predicted molar refractivity (Wildman–Crippen MR) is 97.7 cm³/mol. The van der Waals surface area contributed by atoms with Crippen LogP contribution in [0.3, 0.4) is 0 Å². The molecule has 0 radical (unpaired) electrons. The number of aromatic nitrogens is 2. The van der Waals surface area contributed by atoms with E-state index in [9.17, 15) is 9.59 Å². The van der Waals surface area contributed by atoms with Crippen LogP contribution in [-0.2, 0) is 21.4 Å². The Morgan fingerprint density at radius 3 is 2.42 bits per heavy atom. The van der Waals surface area contributed by atoms with E-state index in [1.807, 2.05) is 52.1 Å². The summed E-state index contributed by atoms with van der Waals surface area (Å²) in [5.74, 6) is -0.428. The minimum Gasteiger partial charge on any atom is -0.356 e. The Kier molecular flexibility index (Phi) is 4.82. The molecule has 1 saturated heterocycles. The molecule has 0 aliphatic carbocycles. The molecule has 1 aliphatic heterocycles. The molecule has 2 aromatic rings. The van der Waals surface area contributed by atoms with Crippen molar-refractivity contribution in [2.45, 2.75) is 32.9 Å². The van der Waals surface area contributed by atoms with E-state index in [0.29, 0.717) is 5.69 Å². The number of amides is 2. The van der Waals surface area contributed by atoms with E-state index in [1.54, 1.807) is 16.6 Å². The highest BCUT2D eigenvalue weighted by Crippen LogP contribution is 2.30. The quantitative estimate of drug-likeness (QED) is 0.911. The highest BCUT2D eigenvalue weighted by atomic mass is 16.5. The average Bonchev–Trinajstić information content (AvgIpc) is 2.84. The van der Waals surface area contributed by atoms with Crippen molar-refractivity contribution in [3.63, 3.8) is 0 Å². The van der Waals surface area contributed by atoms with Crippen molar-refractivity contribution in [1.29, 1.82) is 0 Å². The van der Waals surface area contributed by atoms with Gasteiger partial charge in [-0.25, -0.2) is 0 Å². The van der Waals surface area contributed by atoms with Crippen LogP contribution in [0.2, 0.25) is 0 Å². The number of rotatable bonds is 3. The summed E-state index contributed by atoms with van der Waals surface area (Å²) in [6, 6.07) is 7.31. The number of nitrogens with one attached hydrogen (secondary N) is 1. The summed E-state index contributed by atoms with van der Waals surface area (Å²) in [5.41, 5.74) is 4.27. The molecule has 1 aromatic heterocycles. The molecule has 7 nitrogen and oxygen atoms in total. The van der Waals surface area contributed by atoms with Crippen LogP contribution in [0.25, 0.3) is 0 Å². The first-order valence-corrected chi connectivity index (χ1v) is 8.54. The lowest BCUT2D eigenvalue weighted by atomic mass is 9.96. The number of anilines is 1. The van der Waals surface area contributed by atoms with E-state index < -0.39 is 12.1 Å². The third-order valence-corrected chi connectivity index (χ3v) is 4.92. The predicted octanol–water partition coefficient (Wildman–Crippen LogP) is 1.88. The number of hydrogen-bond acceptors (Lipinski definition) is 4. The van der Waals surface area contributed by atoms with Crippen LogP contribution in [0.15, 0.2) is 24.3 Å². The van der Waals surface area contributed by atoms with Crippen LogP contribution in [0.4, 0.5) is 5.69 Å². The standard InChI is InChI=1S/C19H24N4O3/c1-11-6-8-14(9-7-11)17-18(26-10-15(24)22(17)4)19(25)20-16-12(2)21-23(5)13(16)3/h6-9,17-18H,10H2,1-5H3,(H,20,25)/t17-,18+/m1/s1. The van der Waals surface area contributed by atoms with Gasteiger partial charge in [0.25, 0.3) is 5.91 Å². The van der Waals surface area contributed by atoms with Gasteiger partial charge in [0.15, 0.2) is 6.10 Å². The molecule has 0 spiro atoms. The van der Waals surface area contributed by atoms with E-state index in [0.717, 1.165) is 22.5 Å². The van der Waals surface area contributed by atoms with Gasteiger partial charge in [-0.05, 0) is 26.3 Å². The van der Waals surface area contributed by atoms with Crippen molar-refractivity contribution in [2.75, 3.05) is 19.0 Å². The fraction of sp³-hybridized carbons (Fsp3) is 0.421. The van der Waals surface area contributed by atoms with Gasteiger partial charge in [-0.15, -0.1) is 0 Å². The van der Waals surface area contributed by atoms with Gasteiger partial charge in [0.05, 0.1) is 23.1 Å². The van der Waals surface area contributed by atoms with Gasteiger partial charge in [0.1, 0.15) is 6.61 Å². The number of aryl methyl sites for hydroxylation is 3. The van der Waals surface area contributed by atoms with Crippen molar-refractivity contribution < 1.29 is 14.3 Å². The number of nitrogens with zero attached hydrogens (tertiary/aromatic N) is 3. The summed E-state index contributed by atoms with van der Waals surface area (Å²) in [4.78, 5) is 26.7. The molecule has 7 heteroatoms. The third kappa shape index (κ3) is 3.22. The average molecular weight is 356 g/mol. The summed E-state index contributed by atoms with van der Waals surface area (Å²) < 4.78 is 7.37. The molecule has 1 N–H and O–H groups in total. The van der Waals surface area contributed by atoms with Gasteiger partial charge in [0, 0.05) is 14.1 Å². The second kappa shape index (κ2) is 6.92. The minimum absolute atomic E-state index is 0.109. The highest BCUT2D eigenvalue weighted by molar-refractivity contribution is 5.97. The number of likely N-dealkylation sites (N-methyl/N-ethyl adjacent to an activating group) is 1. The second-order valence-corrected chi connectivity index (χ2v) is 6.75. The Morgan fingerprint density at radius 1 is 1.19 bits per heavy atom. The summed E-state index contributed by atoms with van der Waals surface area (Å²) in [6.45, 7) is 5.62. The van der Waals surface area contributed by atoms with E-state index in [2.05, 4.69) is 10.4 Å². The monoisotopic (exact) mass is 356 g/mol. The maximum atomic E-state index is 13.0. The summed E-state index contributed by atoms with van der Waals surface area (Å²) in [5, 5.41) is 7.25. The molecule has 1 aromatic carbocycles. The largest absolute Gasteiger partial charge is 0.356 e. The van der Waals surface area contributed by atoms with Crippen LogP contribution in [0, 0.1) is 20.8 Å². The maximum Gasteiger partial charge on any atom is 0.256 e. The van der Waals surface area contributed by atoms with Crippen molar-refractivity contribution >= 4 is 17.5 Å². The SMILES string of the molecule is Cc1ccc([C@@H]2[C@@H](C(=O)Nc3c(C)nn(C)c3C)OCC(=O)N2C)cc1. The van der Waals surface area contributed by atoms with Gasteiger partial charge in [0.2, 0.25) is 5.91 Å². The van der Waals surface area contributed by atoms with Crippen molar-refractivity contribution in [3.8, 4) is 0 Å². The van der Waals surface area contributed by atoms with E-state index in [-0.39, 0.29) is 18.4 Å². The lowest BCUT2D eigenvalue weighted by Gasteiger charge is -2.38.